The van der Waals surface area contributed by atoms with Crippen LogP contribution in [0.15, 0.2) is 78.9 Å². The molecule has 0 aliphatic heterocycles. The van der Waals surface area contributed by atoms with Gasteiger partial charge in [-0.3, -0.25) is 0 Å². The van der Waals surface area contributed by atoms with Crippen molar-refractivity contribution in [2.45, 2.75) is 19.0 Å². The van der Waals surface area contributed by atoms with Crippen LogP contribution >= 0.6 is 0 Å². The van der Waals surface area contributed by atoms with Crippen LogP contribution in [0, 0.1) is 0 Å². The number of hydrogen-bond acceptors (Lipinski definition) is 3. The van der Waals surface area contributed by atoms with E-state index in [-0.39, 0.29) is 11.8 Å². The van der Waals surface area contributed by atoms with Crippen molar-refractivity contribution in [2.24, 2.45) is 0 Å². The average Bonchev–Trinajstić information content (AvgIpc) is 2.67. The summed E-state index contributed by atoms with van der Waals surface area (Å²) in [5.74, 6) is 0.661. The van der Waals surface area contributed by atoms with Crippen molar-refractivity contribution in [1.29, 1.82) is 0 Å². The van der Waals surface area contributed by atoms with Crippen molar-refractivity contribution < 1.29 is 9.84 Å². The van der Waals surface area contributed by atoms with Gasteiger partial charge < -0.3 is 15.2 Å². The van der Waals surface area contributed by atoms with Crippen LogP contribution in [0.4, 0.5) is 0 Å². The van der Waals surface area contributed by atoms with E-state index >= 15 is 0 Å². The Morgan fingerprint density at radius 2 is 1.56 bits per heavy atom. The van der Waals surface area contributed by atoms with Gasteiger partial charge >= 0.3 is 0 Å². The van der Waals surface area contributed by atoms with Crippen LogP contribution in [0.1, 0.15) is 22.7 Å². The SMILES string of the molecule is COc1cc(CNC(Cc2ccccc2)c2ccccc2)ccc1O. The number of methoxy groups -OCH3 is 1. The number of benzene rings is 3. The summed E-state index contributed by atoms with van der Waals surface area (Å²) in [5, 5.41) is 13.4. The predicted octanol–water partition coefficient (Wildman–Crippen LogP) is 4.47. The molecule has 3 rings (SSSR count). The molecule has 128 valence electrons. The highest BCUT2D eigenvalue weighted by Gasteiger charge is 2.12. The summed E-state index contributed by atoms with van der Waals surface area (Å²) >= 11 is 0. The second-order valence-electron chi connectivity index (χ2n) is 6.04. The van der Waals surface area contributed by atoms with E-state index in [0.717, 1.165) is 12.0 Å². The second kappa shape index (κ2) is 8.36. The summed E-state index contributed by atoms with van der Waals surface area (Å²) < 4.78 is 5.19. The number of ether oxygens (including phenoxy) is 1. The van der Waals surface area contributed by atoms with Crippen molar-refractivity contribution in [1.82, 2.24) is 5.32 Å². The molecule has 0 amide bonds. The molecular weight excluding hydrogens is 310 g/mol. The summed E-state index contributed by atoms with van der Waals surface area (Å²) in [6.45, 7) is 0.697. The molecule has 3 aromatic carbocycles. The molecule has 0 saturated carbocycles. The van der Waals surface area contributed by atoms with E-state index in [0.29, 0.717) is 12.3 Å². The Morgan fingerprint density at radius 1 is 0.880 bits per heavy atom. The van der Waals surface area contributed by atoms with Crippen molar-refractivity contribution >= 4 is 0 Å². The van der Waals surface area contributed by atoms with Gasteiger partial charge in [0.1, 0.15) is 0 Å². The lowest BCUT2D eigenvalue weighted by molar-refractivity contribution is 0.372. The smallest absolute Gasteiger partial charge is 0.160 e. The molecule has 0 saturated heterocycles. The summed E-state index contributed by atoms with van der Waals surface area (Å²) in [6, 6.07) is 26.6. The minimum atomic E-state index is 0.162. The molecule has 0 fully saturated rings. The van der Waals surface area contributed by atoms with Gasteiger partial charge in [-0.25, -0.2) is 0 Å². The van der Waals surface area contributed by atoms with Crippen molar-refractivity contribution in [3.63, 3.8) is 0 Å². The zero-order valence-corrected chi connectivity index (χ0v) is 14.4. The highest BCUT2D eigenvalue weighted by molar-refractivity contribution is 5.41. The Labute approximate surface area is 148 Å². The molecule has 0 spiro atoms. The molecule has 0 aliphatic carbocycles. The molecule has 0 heterocycles. The van der Waals surface area contributed by atoms with Crippen molar-refractivity contribution in [3.8, 4) is 11.5 Å². The Morgan fingerprint density at radius 3 is 2.24 bits per heavy atom. The lowest BCUT2D eigenvalue weighted by Crippen LogP contribution is -2.23. The van der Waals surface area contributed by atoms with E-state index in [1.165, 1.54) is 11.1 Å². The first-order valence-electron chi connectivity index (χ1n) is 8.44. The normalized spacial score (nSPS) is 11.9. The second-order valence-corrected chi connectivity index (χ2v) is 6.04. The van der Waals surface area contributed by atoms with Gasteiger partial charge in [0, 0.05) is 12.6 Å². The molecule has 2 N–H and O–H groups in total. The molecule has 1 atom stereocenters. The third-order valence-electron chi connectivity index (χ3n) is 4.28. The minimum Gasteiger partial charge on any atom is -0.504 e. The third kappa shape index (κ3) is 4.61. The zero-order valence-electron chi connectivity index (χ0n) is 14.4. The van der Waals surface area contributed by atoms with E-state index in [4.69, 9.17) is 4.74 Å². The van der Waals surface area contributed by atoms with Gasteiger partial charge in [0.05, 0.1) is 7.11 Å². The monoisotopic (exact) mass is 333 g/mol. The van der Waals surface area contributed by atoms with Gasteiger partial charge in [-0.2, -0.15) is 0 Å². The molecule has 25 heavy (non-hydrogen) atoms. The van der Waals surface area contributed by atoms with Gasteiger partial charge in [0.2, 0.25) is 0 Å². The van der Waals surface area contributed by atoms with E-state index in [9.17, 15) is 5.11 Å². The van der Waals surface area contributed by atoms with Crippen molar-refractivity contribution in [2.75, 3.05) is 7.11 Å². The van der Waals surface area contributed by atoms with Crippen LogP contribution in [0.3, 0.4) is 0 Å². The topological polar surface area (TPSA) is 41.5 Å². The van der Waals surface area contributed by atoms with Crippen LogP contribution in [0.25, 0.3) is 0 Å². The fraction of sp³-hybridized carbons (Fsp3) is 0.182. The van der Waals surface area contributed by atoms with Gasteiger partial charge in [0.15, 0.2) is 11.5 Å². The van der Waals surface area contributed by atoms with Crippen LogP contribution in [-0.4, -0.2) is 12.2 Å². The van der Waals surface area contributed by atoms with E-state index < -0.39 is 0 Å². The number of hydrogen-bond donors (Lipinski definition) is 2. The first-order chi connectivity index (χ1) is 12.3. The highest BCUT2D eigenvalue weighted by Crippen LogP contribution is 2.27. The molecule has 0 aromatic heterocycles. The first-order valence-corrected chi connectivity index (χ1v) is 8.44. The highest BCUT2D eigenvalue weighted by atomic mass is 16.5. The van der Waals surface area contributed by atoms with E-state index in [1.807, 2.05) is 24.3 Å². The Bertz CT molecular complexity index is 788. The van der Waals surface area contributed by atoms with Gasteiger partial charge in [-0.1, -0.05) is 66.7 Å². The molecule has 3 aromatic rings. The van der Waals surface area contributed by atoms with Crippen LogP contribution in [0.5, 0.6) is 11.5 Å². The number of aromatic hydroxyl groups is 1. The van der Waals surface area contributed by atoms with Gasteiger partial charge in [-0.15, -0.1) is 0 Å². The molecule has 0 aliphatic rings. The quantitative estimate of drug-likeness (QED) is 0.670. The molecule has 1 unspecified atom stereocenters. The molecular formula is C22H23NO2. The van der Waals surface area contributed by atoms with Crippen molar-refractivity contribution in [3.05, 3.63) is 95.6 Å². The number of phenolic OH excluding ortho intramolecular Hbond substituents is 1. The number of nitrogens with one attached hydrogen (secondary N) is 1. The minimum absolute atomic E-state index is 0.162. The fourth-order valence-electron chi connectivity index (χ4n) is 2.92. The van der Waals surface area contributed by atoms with E-state index in [1.54, 1.807) is 13.2 Å². The van der Waals surface area contributed by atoms with Crippen LogP contribution in [-0.2, 0) is 13.0 Å². The molecule has 3 nitrogen and oxygen atoms in total. The van der Waals surface area contributed by atoms with Gasteiger partial charge in [0.25, 0.3) is 0 Å². The predicted molar refractivity (Wildman–Crippen MR) is 101 cm³/mol. The summed E-state index contributed by atoms with van der Waals surface area (Å²) in [7, 11) is 1.56. The average molecular weight is 333 g/mol. The fourth-order valence-corrected chi connectivity index (χ4v) is 2.92. The molecule has 0 bridgehead atoms. The molecule has 0 radical (unpaired) electrons. The zero-order chi connectivity index (χ0) is 17.5. The maximum atomic E-state index is 9.74. The Hall–Kier alpha value is -2.78. The van der Waals surface area contributed by atoms with Crippen LogP contribution < -0.4 is 10.1 Å². The van der Waals surface area contributed by atoms with Gasteiger partial charge in [-0.05, 0) is 35.2 Å². The summed E-state index contributed by atoms with van der Waals surface area (Å²) in [5.41, 5.74) is 3.63. The third-order valence-corrected chi connectivity index (χ3v) is 4.28. The number of rotatable bonds is 7. The lowest BCUT2D eigenvalue weighted by Gasteiger charge is -2.20. The summed E-state index contributed by atoms with van der Waals surface area (Å²) in [6.07, 6.45) is 0.917. The van der Waals surface area contributed by atoms with E-state index in [2.05, 4.69) is 53.8 Å². The first kappa shape index (κ1) is 17.1. The lowest BCUT2D eigenvalue weighted by atomic mass is 9.98. The summed E-state index contributed by atoms with van der Waals surface area (Å²) in [4.78, 5) is 0. The maximum absolute atomic E-state index is 9.74. The maximum Gasteiger partial charge on any atom is 0.160 e. The standard InChI is InChI=1S/C22H23NO2/c1-25-22-15-18(12-13-21(22)24)16-23-20(19-10-6-3-7-11-19)14-17-8-4-2-5-9-17/h2-13,15,20,23-24H,14,16H2,1H3. The Balaban J connectivity index is 1.76. The largest absolute Gasteiger partial charge is 0.504 e. The Kier molecular flexibility index (Phi) is 5.70. The molecule has 3 heteroatoms. The number of phenols is 1. The van der Waals surface area contributed by atoms with Crippen LogP contribution in [0.2, 0.25) is 0 Å².